The molecular formula is C16H29N5O3. The van der Waals surface area contributed by atoms with Crippen LogP contribution >= 0.6 is 0 Å². The van der Waals surface area contributed by atoms with Crippen LogP contribution in [0.3, 0.4) is 0 Å². The van der Waals surface area contributed by atoms with Crippen molar-refractivity contribution in [3.63, 3.8) is 0 Å². The van der Waals surface area contributed by atoms with E-state index in [0.717, 1.165) is 32.5 Å². The lowest BCUT2D eigenvalue weighted by molar-refractivity contribution is 0.0392. The van der Waals surface area contributed by atoms with Crippen LogP contribution in [0.25, 0.3) is 0 Å². The number of urea groups is 2. The Morgan fingerprint density at radius 2 is 1.50 bits per heavy atom. The smallest absolute Gasteiger partial charge is 0.320 e. The molecule has 0 unspecified atom stereocenters. The summed E-state index contributed by atoms with van der Waals surface area (Å²) in [6.45, 7) is 7.83. The zero-order chi connectivity index (χ0) is 16.8. The molecule has 0 aromatic carbocycles. The van der Waals surface area contributed by atoms with Gasteiger partial charge >= 0.3 is 12.1 Å². The summed E-state index contributed by atoms with van der Waals surface area (Å²) in [5.74, 6) is 0.583. The molecule has 3 rings (SSSR count). The Morgan fingerprint density at radius 1 is 0.917 bits per heavy atom. The summed E-state index contributed by atoms with van der Waals surface area (Å²) in [4.78, 5) is 30.2. The molecule has 3 fully saturated rings. The average molecular weight is 339 g/mol. The molecule has 4 amide bonds. The van der Waals surface area contributed by atoms with E-state index in [4.69, 9.17) is 4.74 Å². The fourth-order valence-electron chi connectivity index (χ4n) is 3.48. The Labute approximate surface area is 143 Å². The third-order valence-corrected chi connectivity index (χ3v) is 5.12. The Bertz CT molecular complexity index is 427. The molecule has 3 aliphatic heterocycles. The first-order valence-electron chi connectivity index (χ1n) is 9.09. The van der Waals surface area contributed by atoms with E-state index in [1.165, 1.54) is 0 Å². The van der Waals surface area contributed by atoms with Crippen molar-refractivity contribution in [2.75, 3.05) is 72.1 Å². The fourth-order valence-corrected chi connectivity index (χ4v) is 3.48. The lowest BCUT2D eigenvalue weighted by Gasteiger charge is -2.38. The molecule has 0 bridgehead atoms. The van der Waals surface area contributed by atoms with Crippen molar-refractivity contribution in [3.8, 4) is 0 Å². The minimum absolute atomic E-state index is 0.00649. The summed E-state index contributed by atoms with van der Waals surface area (Å²) in [5.41, 5.74) is 0. The fraction of sp³-hybridized carbons (Fsp3) is 0.875. The number of ether oxygens (including phenoxy) is 1. The molecule has 0 spiro atoms. The lowest BCUT2D eigenvalue weighted by atomic mass is 9.98. The molecule has 2 N–H and O–H groups in total. The SMILES string of the molecule is O=C(NCC1CCNCC1)N1CCN(C(=O)N2CCOCC2)CC1. The number of hydrogen-bond acceptors (Lipinski definition) is 4. The predicted molar refractivity (Wildman–Crippen MR) is 89.9 cm³/mol. The van der Waals surface area contributed by atoms with Gasteiger partial charge in [0.1, 0.15) is 0 Å². The summed E-state index contributed by atoms with van der Waals surface area (Å²) in [5, 5.41) is 6.39. The highest BCUT2D eigenvalue weighted by molar-refractivity contribution is 5.76. The van der Waals surface area contributed by atoms with E-state index in [1.807, 2.05) is 14.7 Å². The number of piperazine rings is 1. The van der Waals surface area contributed by atoms with Crippen LogP contribution in [0.2, 0.25) is 0 Å². The lowest BCUT2D eigenvalue weighted by Crippen LogP contribution is -2.57. The molecule has 3 heterocycles. The molecule has 0 saturated carbocycles. The first-order valence-corrected chi connectivity index (χ1v) is 9.09. The van der Waals surface area contributed by atoms with Crippen molar-refractivity contribution in [1.29, 1.82) is 0 Å². The maximum absolute atomic E-state index is 12.4. The van der Waals surface area contributed by atoms with Crippen molar-refractivity contribution >= 4 is 12.1 Å². The van der Waals surface area contributed by atoms with Gasteiger partial charge in [-0.05, 0) is 31.8 Å². The van der Waals surface area contributed by atoms with Gasteiger partial charge in [-0.15, -0.1) is 0 Å². The van der Waals surface area contributed by atoms with Crippen molar-refractivity contribution in [3.05, 3.63) is 0 Å². The van der Waals surface area contributed by atoms with E-state index < -0.39 is 0 Å². The number of nitrogens with zero attached hydrogens (tertiary/aromatic N) is 3. The quantitative estimate of drug-likeness (QED) is 0.728. The molecular weight excluding hydrogens is 310 g/mol. The molecule has 24 heavy (non-hydrogen) atoms. The zero-order valence-corrected chi connectivity index (χ0v) is 14.3. The minimum atomic E-state index is 0.00649. The molecule has 0 radical (unpaired) electrons. The molecule has 0 aliphatic carbocycles. The second-order valence-corrected chi connectivity index (χ2v) is 6.74. The minimum Gasteiger partial charge on any atom is -0.378 e. The summed E-state index contributed by atoms with van der Waals surface area (Å²) < 4.78 is 5.29. The Hall–Kier alpha value is -1.54. The second-order valence-electron chi connectivity index (χ2n) is 6.74. The van der Waals surface area contributed by atoms with E-state index in [-0.39, 0.29) is 12.1 Å². The van der Waals surface area contributed by atoms with Gasteiger partial charge in [-0.3, -0.25) is 0 Å². The average Bonchev–Trinajstić information content (AvgIpc) is 2.67. The summed E-state index contributed by atoms with van der Waals surface area (Å²) >= 11 is 0. The predicted octanol–water partition coefficient (Wildman–Crippen LogP) is -0.235. The molecule has 0 atom stereocenters. The standard InChI is InChI=1S/C16H29N5O3/c22-15(18-13-14-1-3-17-4-2-14)19-5-7-20(8-6-19)16(23)21-9-11-24-12-10-21/h14,17H,1-13H2,(H,18,22). The topological polar surface area (TPSA) is 77.2 Å². The van der Waals surface area contributed by atoms with Gasteiger partial charge in [0.15, 0.2) is 0 Å². The Balaban J connectivity index is 1.37. The van der Waals surface area contributed by atoms with E-state index in [0.29, 0.717) is 58.4 Å². The van der Waals surface area contributed by atoms with Crippen LogP contribution in [0.15, 0.2) is 0 Å². The summed E-state index contributed by atoms with van der Waals surface area (Å²) in [7, 11) is 0. The van der Waals surface area contributed by atoms with Gasteiger partial charge in [-0.2, -0.15) is 0 Å². The van der Waals surface area contributed by atoms with Crippen molar-refractivity contribution < 1.29 is 14.3 Å². The molecule has 3 aliphatic rings. The maximum Gasteiger partial charge on any atom is 0.320 e. The maximum atomic E-state index is 12.4. The number of nitrogens with one attached hydrogen (secondary N) is 2. The van der Waals surface area contributed by atoms with Gasteiger partial charge in [-0.25, -0.2) is 9.59 Å². The van der Waals surface area contributed by atoms with Crippen LogP contribution in [0, 0.1) is 5.92 Å². The number of piperidine rings is 1. The highest BCUT2D eigenvalue weighted by Gasteiger charge is 2.28. The first-order chi connectivity index (χ1) is 11.7. The number of carbonyl (C=O) groups is 2. The van der Waals surface area contributed by atoms with Crippen LogP contribution in [0.1, 0.15) is 12.8 Å². The molecule has 0 aromatic rings. The number of rotatable bonds is 2. The van der Waals surface area contributed by atoms with E-state index >= 15 is 0 Å². The van der Waals surface area contributed by atoms with Crippen LogP contribution in [-0.2, 0) is 4.74 Å². The molecule has 136 valence electrons. The number of carbonyl (C=O) groups excluding carboxylic acids is 2. The van der Waals surface area contributed by atoms with Gasteiger partial charge in [0.05, 0.1) is 13.2 Å². The highest BCUT2D eigenvalue weighted by atomic mass is 16.5. The van der Waals surface area contributed by atoms with Crippen molar-refractivity contribution in [1.82, 2.24) is 25.3 Å². The number of hydrogen-bond donors (Lipinski definition) is 2. The first kappa shape index (κ1) is 17.3. The van der Waals surface area contributed by atoms with E-state index in [2.05, 4.69) is 10.6 Å². The third kappa shape index (κ3) is 4.51. The number of morpholine rings is 1. The summed E-state index contributed by atoms with van der Waals surface area (Å²) in [6, 6.07) is 0.0834. The van der Waals surface area contributed by atoms with Crippen molar-refractivity contribution in [2.45, 2.75) is 12.8 Å². The zero-order valence-electron chi connectivity index (χ0n) is 14.3. The molecule has 8 nitrogen and oxygen atoms in total. The van der Waals surface area contributed by atoms with Crippen LogP contribution < -0.4 is 10.6 Å². The van der Waals surface area contributed by atoms with Crippen LogP contribution in [0.4, 0.5) is 9.59 Å². The second kappa shape index (κ2) is 8.53. The van der Waals surface area contributed by atoms with Gasteiger partial charge in [-0.1, -0.05) is 0 Å². The van der Waals surface area contributed by atoms with Gasteiger partial charge in [0.25, 0.3) is 0 Å². The highest BCUT2D eigenvalue weighted by Crippen LogP contribution is 2.11. The molecule has 8 heteroatoms. The monoisotopic (exact) mass is 339 g/mol. The van der Waals surface area contributed by atoms with Crippen LogP contribution in [0.5, 0.6) is 0 Å². The molecule has 3 saturated heterocycles. The van der Waals surface area contributed by atoms with E-state index in [1.54, 1.807) is 0 Å². The largest absolute Gasteiger partial charge is 0.378 e. The Kier molecular flexibility index (Phi) is 6.14. The summed E-state index contributed by atoms with van der Waals surface area (Å²) in [6.07, 6.45) is 2.25. The van der Waals surface area contributed by atoms with Gasteiger partial charge in [0, 0.05) is 45.8 Å². The van der Waals surface area contributed by atoms with Crippen molar-refractivity contribution in [2.24, 2.45) is 5.92 Å². The third-order valence-electron chi connectivity index (χ3n) is 5.12. The normalized spacial score (nSPS) is 23.2. The van der Waals surface area contributed by atoms with Gasteiger partial charge in [0.2, 0.25) is 0 Å². The number of amides is 4. The van der Waals surface area contributed by atoms with E-state index in [9.17, 15) is 9.59 Å². The van der Waals surface area contributed by atoms with Gasteiger partial charge < -0.3 is 30.1 Å². The molecule has 0 aromatic heterocycles. The Morgan fingerprint density at radius 3 is 2.17 bits per heavy atom. The van der Waals surface area contributed by atoms with Crippen LogP contribution in [-0.4, -0.2) is 98.9 Å².